The van der Waals surface area contributed by atoms with E-state index in [4.69, 9.17) is 9.47 Å². The quantitative estimate of drug-likeness (QED) is 0.732. The van der Waals surface area contributed by atoms with Gasteiger partial charge in [-0.3, -0.25) is 0 Å². The van der Waals surface area contributed by atoms with E-state index in [0.717, 1.165) is 24.7 Å². The molecule has 3 unspecified atom stereocenters. The predicted octanol–water partition coefficient (Wildman–Crippen LogP) is 3.70. The molecule has 19 heavy (non-hydrogen) atoms. The number of rotatable bonds is 3. The van der Waals surface area contributed by atoms with Gasteiger partial charge >= 0.3 is 5.97 Å². The molecule has 3 nitrogen and oxygen atoms in total. The molecule has 2 saturated carbocycles. The van der Waals surface area contributed by atoms with Crippen LogP contribution in [0.1, 0.15) is 65.7 Å². The lowest BCUT2D eigenvalue weighted by Gasteiger charge is -2.39. The van der Waals surface area contributed by atoms with Crippen molar-refractivity contribution in [3.8, 4) is 0 Å². The fraction of sp³-hybridized carbons (Fsp3) is 0.938. The van der Waals surface area contributed by atoms with Crippen LogP contribution >= 0.6 is 0 Å². The molecule has 0 spiro atoms. The second-order valence-electron chi connectivity index (χ2n) is 7.14. The van der Waals surface area contributed by atoms with E-state index >= 15 is 0 Å². The van der Waals surface area contributed by atoms with E-state index in [-0.39, 0.29) is 18.7 Å². The Kier molecular flexibility index (Phi) is 4.88. The van der Waals surface area contributed by atoms with Crippen LogP contribution in [0.2, 0.25) is 0 Å². The topological polar surface area (TPSA) is 35.5 Å². The van der Waals surface area contributed by atoms with E-state index in [2.05, 4.69) is 0 Å². The zero-order valence-corrected chi connectivity index (χ0v) is 12.6. The summed E-state index contributed by atoms with van der Waals surface area (Å²) < 4.78 is 11.0. The van der Waals surface area contributed by atoms with Gasteiger partial charge in [0.2, 0.25) is 0 Å². The largest absolute Gasteiger partial charge is 0.458 e. The number of carbonyl (C=O) groups is 1. The molecule has 0 amide bonds. The van der Waals surface area contributed by atoms with E-state index in [0.29, 0.717) is 0 Å². The highest BCUT2D eigenvalue weighted by molar-refractivity contribution is 5.71. The van der Waals surface area contributed by atoms with Crippen LogP contribution in [-0.4, -0.2) is 24.3 Å². The highest BCUT2D eigenvalue weighted by Crippen LogP contribution is 2.41. The Morgan fingerprint density at radius 3 is 2.42 bits per heavy atom. The fourth-order valence-electron chi connectivity index (χ4n) is 3.54. The van der Waals surface area contributed by atoms with Crippen molar-refractivity contribution in [2.75, 3.05) is 6.61 Å². The molecule has 110 valence electrons. The van der Waals surface area contributed by atoms with Gasteiger partial charge in [0.25, 0.3) is 0 Å². The van der Waals surface area contributed by atoms with Gasteiger partial charge in [-0.25, -0.2) is 4.79 Å². The zero-order chi connectivity index (χ0) is 13.9. The van der Waals surface area contributed by atoms with Crippen LogP contribution in [0, 0.1) is 11.8 Å². The monoisotopic (exact) mass is 268 g/mol. The Labute approximate surface area is 117 Å². The van der Waals surface area contributed by atoms with Crippen LogP contribution in [0.4, 0.5) is 0 Å². The third kappa shape index (κ3) is 4.79. The van der Waals surface area contributed by atoms with Gasteiger partial charge in [-0.15, -0.1) is 0 Å². The predicted molar refractivity (Wildman–Crippen MR) is 74.9 cm³/mol. The van der Waals surface area contributed by atoms with Gasteiger partial charge in [0, 0.05) is 0 Å². The Balaban J connectivity index is 1.70. The standard InChI is InChI=1S/C16H28O3/c1-16(2,3)19-15(17)11-18-14-9-8-12-6-4-5-7-13(12)10-14/h12-14H,4-11H2,1-3H3. The lowest BCUT2D eigenvalue weighted by Crippen LogP contribution is -2.34. The maximum absolute atomic E-state index is 11.6. The van der Waals surface area contributed by atoms with Crippen LogP contribution < -0.4 is 0 Å². The summed E-state index contributed by atoms with van der Waals surface area (Å²) in [6.07, 6.45) is 9.36. The first-order valence-electron chi connectivity index (χ1n) is 7.77. The van der Waals surface area contributed by atoms with E-state index in [9.17, 15) is 4.79 Å². The number of hydrogen-bond donors (Lipinski definition) is 0. The van der Waals surface area contributed by atoms with Gasteiger partial charge in [-0.05, 0) is 51.9 Å². The van der Waals surface area contributed by atoms with Crippen LogP contribution in [0.25, 0.3) is 0 Å². The van der Waals surface area contributed by atoms with Gasteiger partial charge < -0.3 is 9.47 Å². The minimum atomic E-state index is -0.415. The lowest BCUT2D eigenvalue weighted by atomic mass is 9.70. The number of fused-ring (bicyclic) bond motifs is 1. The molecular formula is C16H28O3. The van der Waals surface area contributed by atoms with Gasteiger partial charge in [0.15, 0.2) is 0 Å². The number of esters is 1. The first kappa shape index (κ1) is 14.8. The molecule has 2 fully saturated rings. The van der Waals surface area contributed by atoms with Crippen molar-refractivity contribution in [1.29, 1.82) is 0 Å². The van der Waals surface area contributed by atoms with E-state index in [1.54, 1.807) is 0 Å². The highest BCUT2D eigenvalue weighted by Gasteiger charge is 2.32. The van der Waals surface area contributed by atoms with Gasteiger partial charge in [-0.1, -0.05) is 25.7 Å². The summed E-state index contributed by atoms with van der Waals surface area (Å²) >= 11 is 0. The summed E-state index contributed by atoms with van der Waals surface area (Å²) in [5.74, 6) is 1.53. The van der Waals surface area contributed by atoms with E-state index in [1.165, 1.54) is 32.1 Å². The molecule has 0 aliphatic heterocycles. The van der Waals surface area contributed by atoms with E-state index in [1.807, 2.05) is 20.8 Å². The maximum Gasteiger partial charge on any atom is 0.332 e. The maximum atomic E-state index is 11.6. The summed E-state index contributed by atoms with van der Waals surface area (Å²) in [7, 11) is 0. The second kappa shape index (κ2) is 6.25. The van der Waals surface area contributed by atoms with Crippen LogP contribution in [0.15, 0.2) is 0 Å². The van der Waals surface area contributed by atoms with Crippen LogP contribution in [0.5, 0.6) is 0 Å². The molecule has 0 aromatic carbocycles. The van der Waals surface area contributed by atoms with Crippen molar-refractivity contribution < 1.29 is 14.3 Å². The molecule has 2 aliphatic rings. The van der Waals surface area contributed by atoms with Crippen LogP contribution in [-0.2, 0) is 14.3 Å². The summed E-state index contributed by atoms with van der Waals surface area (Å²) in [6, 6.07) is 0. The van der Waals surface area contributed by atoms with Crippen molar-refractivity contribution in [2.45, 2.75) is 77.4 Å². The summed E-state index contributed by atoms with van der Waals surface area (Å²) in [6.45, 7) is 5.77. The van der Waals surface area contributed by atoms with Crippen molar-refractivity contribution in [3.05, 3.63) is 0 Å². The molecule has 0 saturated heterocycles. The Bertz CT molecular complexity index is 306. The molecule has 2 aliphatic carbocycles. The smallest absolute Gasteiger partial charge is 0.332 e. The summed E-state index contributed by atoms with van der Waals surface area (Å²) in [5, 5.41) is 0. The molecule has 0 aromatic heterocycles. The Morgan fingerprint density at radius 1 is 1.05 bits per heavy atom. The van der Waals surface area contributed by atoms with Crippen LogP contribution in [0.3, 0.4) is 0 Å². The van der Waals surface area contributed by atoms with Gasteiger partial charge in [-0.2, -0.15) is 0 Å². The first-order valence-corrected chi connectivity index (χ1v) is 7.77. The number of ether oxygens (including phenoxy) is 2. The molecule has 0 heterocycles. The van der Waals surface area contributed by atoms with E-state index < -0.39 is 5.60 Å². The van der Waals surface area contributed by atoms with Crippen molar-refractivity contribution in [2.24, 2.45) is 11.8 Å². The van der Waals surface area contributed by atoms with Crippen molar-refractivity contribution in [1.82, 2.24) is 0 Å². The number of hydrogen-bond acceptors (Lipinski definition) is 3. The summed E-state index contributed by atoms with van der Waals surface area (Å²) in [4.78, 5) is 11.6. The molecule has 2 rings (SSSR count). The van der Waals surface area contributed by atoms with Crippen molar-refractivity contribution >= 4 is 5.97 Å². The van der Waals surface area contributed by atoms with Crippen molar-refractivity contribution in [3.63, 3.8) is 0 Å². The zero-order valence-electron chi connectivity index (χ0n) is 12.6. The molecule has 3 heteroatoms. The average molecular weight is 268 g/mol. The normalized spacial score (nSPS) is 31.6. The SMILES string of the molecule is CC(C)(C)OC(=O)COC1CCC2CCCCC2C1. The highest BCUT2D eigenvalue weighted by atomic mass is 16.6. The molecule has 0 N–H and O–H groups in total. The lowest BCUT2D eigenvalue weighted by molar-refractivity contribution is -0.163. The molecule has 3 atom stereocenters. The molecule has 0 bridgehead atoms. The summed E-state index contributed by atoms with van der Waals surface area (Å²) in [5.41, 5.74) is -0.415. The minimum Gasteiger partial charge on any atom is -0.458 e. The number of carbonyl (C=O) groups excluding carboxylic acids is 1. The fourth-order valence-corrected chi connectivity index (χ4v) is 3.54. The Hall–Kier alpha value is -0.570. The molecular weight excluding hydrogens is 240 g/mol. The first-order chi connectivity index (χ1) is 8.94. The molecule has 0 radical (unpaired) electrons. The van der Waals surface area contributed by atoms with Gasteiger partial charge in [0.05, 0.1) is 6.10 Å². The average Bonchev–Trinajstić information content (AvgIpc) is 2.34. The van der Waals surface area contributed by atoms with Gasteiger partial charge in [0.1, 0.15) is 12.2 Å². The third-order valence-electron chi connectivity index (χ3n) is 4.35. The minimum absolute atomic E-state index is 0.110. The second-order valence-corrected chi connectivity index (χ2v) is 7.14. The third-order valence-corrected chi connectivity index (χ3v) is 4.35. The Morgan fingerprint density at radius 2 is 1.74 bits per heavy atom. The molecule has 0 aromatic rings.